The van der Waals surface area contributed by atoms with Crippen molar-refractivity contribution in [3.63, 3.8) is 0 Å². The van der Waals surface area contributed by atoms with E-state index in [0.29, 0.717) is 12.8 Å². The number of hydrogen-bond acceptors (Lipinski definition) is 2. The molecular formula is C27H29F3N2O. The van der Waals surface area contributed by atoms with Gasteiger partial charge in [0, 0.05) is 13.1 Å². The third-order valence-electron chi connectivity index (χ3n) is 5.95. The number of hydrogen-bond donors (Lipinski definition) is 2. The molecule has 1 amide bonds. The third-order valence-corrected chi connectivity index (χ3v) is 5.95. The largest absolute Gasteiger partial charge is 0.416 e. The maximum absolute atomic E-state index is 12.9. The molecule has 0 fully saturated rings. The minimum Gasteiger partial charge on any atom is -0.358 e. The van der Waals surface area contributed by atoms with Gasteiger partial charge in [0.15, 0.2) is 0 Å². The highest BCUT2D eigenvalue weighted by Crippen LogP contribution is 2.30. The number of carbonyl (C=O) groups excluding carboxylic acids is 1. The molecule has 0 saturated heterocycles. The van der Waals surface area contributed by atoms with Crippen LogP contribution in [0.5, 0.6) is 0 Å². The Morgan fingerprint density at radius 1 is 0.879 bits per heavy atom. The summed E-state index contributed by atoms with van der Waals surface area (Å²) in [5.41, 5.74) is 4.36. The van der Waals surface area contributed by atoms with Crippen LogP contribution < -0.4 is 10.6 Å². The van der Waals surface area contributed by atoms with Crippen LogP contribution in [0.2, 0.25) is 0 Å². The van der Waals surface area contributed by atoms with Crippen LogP contribution in [-0.2, 0) is 17.4 Å². The predicted octanol–water partition coefficient (Wildman–Crippen LogP) is 6.07. The van der Waals surface area contributed by atoms with E-state index in [4.69, 9.17) is 0 Å². The van der Waals surface area contributed by atoms with Crippen LogP contribution in [0.25, 0.3) is 0 Å². The number of nitrogens with one attached hydrogen (secondary N) is 2. The van der Waals surface area contributed by atoms with Gasteiger partial charge in [-0.25, -0.2) is 0 Å². The summed E-state index contributed by atoms with van der Waals surface area (Å²) in [5.74, 6) is -0.149. The molecule has 0 aromatic heterocycles. The lowest BCUT2D eigenvalue weighted by molar-refractivity contribution is -0.137. The van der Waals surface area contributed by atoms with E-state index in [1.165, 1.54) is 17.7 Å². The fourth-order valence-electron chi connectivity index (χ4n) is 3.81. The summed E-state index contributed by atoms with van der Waals surface area (Å²) >= 11 is 0. The second kappa shape index (κ2) is 10.7. The first-order chi connectivity index (χ1) is 15.7. The summed E-state index contributed by atoms with van der Waals surface area (Å²) in [6, 6.07) is 20.2. The quantitative estimate of drug-likeness (QED) is 0.434. The Labute approximate surface area is 193 Å². The molecule has 3 aromatic carbocycles. The number of benzene rings is 3. The van der Waals surface area contributed by atoms with Gasteiger partial charge in [0.1, 0.15) is 6.04 Å². The standard InChI is InChI=1S/C27H29F3N2O/c1-18-9-13-22(17-19(18)2)24(16-12-20-10-14-23(15-11-20)27(28,29)30)32-25(26(33)31-3)21-7-5-4-6-8-21/h4-11,13-15,17,24-25,32H,12,16H2,1-3H3,(H,31,33)/t24-,25?/m1/s1. The average Bonchev–Trinajstić information content (AvgIpc) is 2.81. The van der Waals surface area contributed by atoms with Crippen molar-refractivity contribution in [2.24, 2.45) is 0 Å². The molecular weight excluding hydrogens is 425 g/mol. The number of carbonyl (C=O) groups is 1. The van der Waals surface area contributed by atoms with Crippen molar-refractivity contribution < 1.29 is 18.0 Å². The average molecular weight is 455 g/mol. The molecule has 174 valence electrons. The second-order valence-corrected chi connectivity index (χ2v) is 8.25. The van der Waals surface area contributed by atoms with Gasteiger partial charge in [-0.15, -0.1) is 0 Å². The first-order valence-corrected chi connectivity index (χ1v) is 10.9. The van der Waals surface area contributed by atoms with Gasteiger partial charge in [-0.1, -0.05) is 60.7 Å². The SMILES string of the molecule is CNC(=O)C(N[C@H](CCc1ccc(C(F)(F)F)cc1)c1ccc(C)c(C)c1)c1ccccc1. The summed E-state index contributed by atoms with van der Waals surface area (Å²) in [6.07, 6.45) is -3.16. The van der Waals surface area contributed by atoms with Crippen molar-refractivity contribution in [1.82, 2.24) is 10.6 Å². The Bertz CT molecular complexity index is 1060. The van der Waals surface area contributed by atoms with Gasteiger partial charge in [-0.3, -0.25) is 10.1 Å². The van der Waals surface area contributed by atoms with E-state index < -0.39 is 17.8 Å². The smallest absolute Gasteiger partial charge is 0.358 e. The minimum absolute atomic E-state index is 0.149. The van der Waals surface area contributed by atoms with E-state index >= 15 is 0 Å². The van der Waals surface area contributed by atoms with E-state index in [0.717, 1.165) is 34.4 Å². The molecule has 0 saturated carbocycles. The van der Waals surface area contributed by atoms with Crippen LogP contribution in [0, 0.1) is 13.8 Å². The molecule has 2 atom stereocenters. The molecule has 2 N–H and O–H groups in total. The molecule has 0 aliphatic heterocycles. The summed E-state index contributed by atoms with van der Waals surface area (Å²) in [7, 11) is 1.60. The van der Waals surface area contributed by atoms with E-state index in [9.17, 15) is 18.0 Å². The van der Waals surface area contributed by atoms with Gasteiger partial charge >= 0.3 is 6.18 Å². The molecule has 0 bridgehead atoms. The zero-order valence-corrected chi connectivity index (χ0v) is 19.0. The van der Waals surface area contributed by atoms with Gasteiger partial charge in [-0.2, -0.15) is 13.2 Å². The van der Waals surface area contributed by atoms with Crippen molar-refractivity contribution in [2.75, 3.05) is 7.05 Å². The molecule has 0 spiro atoms. The Morgan fingerprint density at radius 3 is 2.12 bits per heavy atom. The van der Waals surface area contributed by atoms with Crippen molar-refractivity contribution >= 4 is 5.91 Å². The molecule has 3 nitrogen and oxygen atoms in total. The lowest BCUT2D eigenvalue weighted by atomic mass is 9.94. The van der Waals surface area contributed by atoms with E-state index in [1.807, 2.05) is 50.2 Å². The Morgan fingerprint density at radius 2 is 1.55 bits per heavy atom. The Balaban J connectivity index is 1.87. The van der Waals surface area contributed by atoms with Gasteiger partial charge in [-0.05, 0) is 66.6 Å². The van der Waals surface area contributed by atoms with Crippen LogP contribution in [-0.4, -0.2) is 13.0 Å². The zero-order chi connectivity index (χ0) is 24.0. The number of halogens is 3. The summed E-state index contributed by atoms with van der Waals surface area (Å²) < 4.78 is 38.7. The van der Waals surface area contributed by atoms with E-state index in [2.05, 4.69) is 22.8 Å². The molecule has 6 heteroatoms. The maximum atomic E-state index is 12.9. The highest BCUT2D eigenvalue weighted by atomic mass is 19.4. The summed E-state index contributed by atoms with van der Waals surface area (Å²) in [4.78, 5) is 12.7. The lowest BCUT2D eigenvalue weighted by Crippen LogP contribution is -2.38. The van der Waals surface area contributed by atoms with Crippen LogP contribution in [0.3, 0.4) is 0 Å². The van der Waals surface area contributed by atoms with Crippen LogP contribution in [0.15, 0.2) is 72.8 Å². The van der Waals surface area contributed by atoms with Crippen LogP contribution >= 0.6 is 0 Å². The number of alkyl halides is 3. The highest BCUT2D eigenvalue weighted by Gasteiger charge is 2.30. The molecule has 3 rings (SSSR count). The molecule has 0 aliphatic rings. The Kier molecular flexibility index (Phi) is 7.92. The van der Waals surface area contributed by atoms with E-state index in [-0.39, 0.29) is 11.9 Å². The zero-order valence-electron chi connectivity index (χ0n) is 19.0. The van der Waals surface area contributed by atoms with E-state index in [1.54, 1.807) is 7.05 Å². The number of aryl methyl sites for hydroxylation is 3. The minimum atomic E-state index is -4.35. The van der Waals surface area contributed by atoms with Crippen molar-refractivity contribution in [1.29, 1.82) is 0 Å². The number of rotatable bonds is 8. The topological polar surface area (TPSA) is 41.1 Å². The monoisotopic (exact) mass is 454 g/mol. The van der Waals surface area contributed by atoms with Crippen LogP contribution in [0.1, 0.15) is 51.9 Å². The normalized spacial score (nSPS) is 13.4. The summed E-state index contributed by atoms with van der Waals surface area (Å²) in [6.45, 7) is 4.08. The Hall–Kier alpha value is -3.12. The predicted molar refractivity (Wildman–Crippen MR) is 125 cm³/mol. The lowest BCUT2D eigenvalue weighted by Gasteiger charge is -2.26. The van der Waals surface area contributed by atoms with Crippen molar-refractivity contribution in [3.8, 4) is 0 Å². The van der Waals surface area contributed by atoms with Gasteiger partial charge in [0.2, 0.25) is 5.91 Å². The van der Waals surface area contributed by atoms with Gasteiger partial charge < -0.3 is 5.32 Å². The van der Waals surface area contributed by atoms with Crippen molar-refractivity contribution in [3.05, 3.63) is 106 Å². The molecule has 3 aromatic rings. The fraction of sp³-hybridized carbons (Fsp3) is 0.296. The first kappa shape index (κ1) is 24.5. The molecule has 1 unspecified atom stereocenters. The van der Waals surface area contributed by atoms with Gasteiger partial charge in [0.25, 0.3) is 0 Å². The molecule has 33 heavy (non-hydrogen) atoms. The first-order valence-electron chi connectivity index (χ1n) is 10.9. The summed E-state index contributed by atoms with van der Waals surface area (Å²) in [5, 5.41) is 6.22. The number of likely N-dealkylation sites (N-methyl/N-ethyl adjacent to an activating group) is 1. The molecule has 0 radical (unpaired) electrons. The molecule has 0 aliphatic carbocycles. The van der Waals surface area contributed by atoms with Crippen molar-refractivity contribution in [2.45, 2.75) is 44.9 Å². The van der Waals surface area contributed by atoms with Gasteiger partial charge in [0.05, 0.1) is 5.56 Å². The molecule has 0 heterocycles. The fourth-order valence-corrected chi connectivity index (χ4v) is 3.81. The van der Waals surface area contributed by atoms with Crippen LogP contribution in [0.4, 0.5) is 13.2 Å². The third kappa shape index (κ3) is 6.45. The number of amides is 1. The second-order valence-electron chi connectivity index (χ2n) is 8.25. The highest BCUT2D eigenvalue weighted by molar-refractivity contribution is 5.83. The maximum Gasteiger partial charge on any atom is 0.416 e.